The number of benzene rings is 1. The Morgan fingerprint density at radius 3 is 2.47 bits per heavy atom. The highest BCUT2D eigenvalue weighted by Crippen LogP contribution is 2.08. The Morgan fingerprint density at radius 2 is 2.00 bits per heavy atom. The van der Waals surface area contributed by atoms with Crippen molar-refractivity contribution in [2.45, 2.75) is 13.3 Å². The van der Waals surface area contributed by atoms with E-state index in [9.17, 15) is 9.18 Å². The van der Waals surface area contributed by atoms with Crippen LogP contribution in [0.4, 0.5) is 4.39 Å². The van der Waals surface area contributed by atoms with Crippen LogP contribution in [0.5, 0.6) is 0 Å². The van der Waals surface area contributed by atoms with Gasteiger partial charge in [-0.15, -0.1) is 0 Å². The number of hydrogen-bond acceptors (Lipinski definition) is 1. The average molecular weight is 204 g/mol. The Balaban J connectivity index is 2.74. The van der Waals surface area contributed by atoms with Crippen molar-refractivity contribution in [3.05, 3.63) is 60.0 Å². The van der Waals surface area contributed by atoms with E-state index in [2.05, 4.69) is 6.58 Å². The molecule has 0 aliphatic heterocycles. The molecular formula is C13H13FO. The van der Waals surface area contributed by atoms with Crippen molar-refractivity contribution in [3.8, 4) is 0 Å². The predicted octanol–water partition coefficient (Wildman–Crippen LogP) is 3.07. The third-order valence-corrected chi connectivity index (χ3v) is 2.13. The van der Waals surface area contributed by atoms with E-state index in [1.807, 2.05) is 0 Å². The summed E-state index contributed by atoms with van der Waals surface area (Å²) in [6, 6.07) is 5.94. The van der Waals surface area contributed by atoms with Gasteiger partial charge >= 0.3 is 0 Å². The minimum Gasteiger partial charge on any atom is -0.294 e. The second kappa shape index (κ2) is 5.25. The zero-order valence-corrected chi connectivity index (χ0v) is 8.66. The van der Waals surface area contributed by atoms with Gasteiger partial charge in [-0.2, -0.15) is 0 Å². The van der Waals surface area contributed by atoms with E-state index in [4.69, 9.17) is 0 Å². The third kappa shape index (κ3) is 3.17. The molecule has 0 bridgehead atoms. The van der Waals surface area contributed by atoms with Gasteiger partial charge < -0.3 is 0 Å². The summed E-state index contributed by atoms with van der Waals surface area (Å²) in [7, 11) is 0. The fourth-order valence-corrected chi connectivity index (χ4v) is 1.28. The van der Waals surface area contributed by atoms with E-state index < -0.39 is 0 Å². The summed E-state index contributed by atoms with van der Waals surface area (Å²) >= 11 is 0. The van der Waals surface area contributed by atoms with Crippen molar-refractivity contribution in [2.75, 3.05) is 0 Å². The maximum Gasteiger partial charge on any atom is 0.166 e. The highest BCUT2D eigenvalue weighted by molar-refractivity contribution is 5.99. The molecule has 0 saturated carbocycles. The van der Waals surface area contributed by atoms with Crippen LogP contribution >= 0.6 is 0 Å². The number of hydrogen-bond donors (Lipinski definition) is 0. The van der Waals surface area contributed by atoms with Crippen molar-refractivity contribution >= 4 is 5.78 Å². The zero-order valence-electron chi connectivity index (χ0n) is 8.66. The summed E-state index contributed by atoms with van der Waals surface area (Å²) in [6.45, 7) is 5.35. The van der Waals surface area contributed by atoms with Gasteiger partial charge in [0.25, 0.3) is 0 Å². The normalized spacial score (nSPS) is 11.2. The molecule has 0 amide bonds. The van der Waals surface area contributed by atoms with Gasteiger partial charge in [-0.3, -0.25) is 4.79 Å². The van der Waals surface area contributed by atoms with Gasteiger partial charge in [-0.25, -0.2) is 4.39 Å². The van der Waals surface area contributed by atoms with E-state index >= 15 is 0 Å². The fourth-order valence-electron chi connectivity index (χ4n) is 1.28. The summed E-state index contributed by atoms with van der Waals surface area (Å²) in [4.78, 5) is 11.6. The van der Waals surface area contributed by atoms with E-state index in [1.54, 1.807) is 25.1 Å². The lowest BCUT2D eigenvalue weighted by molar-refractivity contribution is -0.114. The smallest absolute Gasteiger partial charge is 0.166 e. The van der Waals surface area contributed by atoms with Crippen molar-refractivity contribution < 1.29 is 9.18 Å². The molecular weight excluding hydrogens is 191 g/mol. The topological polar surface area (TPSA) is 17.1 Å². The number of Topliss-reactive ketones (excluding diaryl/α,β-unsaturated/α-hetero) is 1. The van der Waals surface area contributed by atoms with Gasteiger partial charge in [0.05, 0.1) is 0 Å². The average Bonchev–Trinajstić information content (AvgIpc) is 2.23. The molecule has 0 atom stereocenters. The van der Waals surface area contributed by atoms with E-state index in [0.29, 0.717) is 5.57 Å². The van der Waals surface area contributed by atoms with Crippen LogP contribution in [0.25, 0.3) is 0 Å². The Morgan fingerprint density at radius 1 is 1.40 bits per heavy atom. The highest BCUT2D eigenvalue weighted by atomic mass is 19.1. The van der Waals surface area contributed by atoms with Crippen molar-refractivity contribution in [1.29, 1.82) is 0 Å². The standard InChI is InChI=1S/C13H13FO/c1-3-11(4-2)13(15)9-10-5-7-12(14)8-6-10/h3-8H,1,9H2,2H3/b11-4+. The largest absolute Gasteiger partial charge is 0.294 e. The summed E-state index contributed by atoms with van der Waals surface area (Å²) in [5.41, 5.74) is 1.40. The number of halogens is 1. The Labute approximate surface area is 88.9 Å². The molecule has 0 aliphatic carbocycles. The van der Waals surface area contributed by atoms with Crippen molar-refractivity contribution in [2.24, 2.45) is 0 Å². The molecule has 0 aromatic heterocycles. The molecule has 0 spiro atoms. The first-order chi connectivity index (χ1) is 7.17. The first-order valence-electron chi connectivity index (χ1n) is 4.73. The third-order valence-electron chi connectivity index (χ3n) is 2.13. The van der Waals surface area contributed by atoms with Crippen LogP contribution in [0.2, 0.25) is 0 Å². The maximum absolute atomic E-state index is 12.6. The molecule has 1 aromatic carbocycles. The Kier molecular flexibility index (Phi) is 3.98. The van der Waals surface area contributed by atoms with Crippen LogP contribution in [0, 0.1) is 5.82 Å². The number of carbonyl (C=O) groups excluding carboxylic acids is 1. The zero-order chi connectivity index (χ0) is 11.3. The molecule has 1 aromatic rings. The number of carbonyl (C=O) groups is 1. The van der Waals surface area contributed by atoms with Gasteiger partial charge in [-0.05, 0) is 24.6 Å². The monoisotopic (exact) mass is 204 g/mol. The van der Waals surface area contributed by atoms with Crippen LogP contribution in [-0.2, 0) is 11.2 Å². The first kappa shape index (κ1) is 11.4. The minimum atomic E-state index is -0.291. The number of rotatable bonds is 4. The van der Waals surface area contributed by atoms with Crippen molar-refractivity contribution in [3.63, 3.8) is 0 Å². The number of ketones is 1. The lowest BCUT2D eigenvalue weighted by Gasteiger charge is -2.01. The van der Waals surface area contributed by atoms with Crippen molar-refractivity contribution in [1.82, 2.24) is 0 Å². The maximum atomic E-state index is 12.6. The van der Waals surface area contributed by atoms with E-state index in [0.717, 1.165) is 5.56 Å². The fraction of sp³-hybridized carbons (Fsp3) is 0.154. The van der Waals surface area contributed by atoms with Gasteiger partial charge in [0, 0.05) is 12.0 Å². The first-order valence-corrected chi connectivity index (χ1v) is 4.73. The lowest BCUT2D eigenvalue weighted by atomic mass is 10.0. The van der Waals surface area contributed by atoms with E-state index in [1.165, 1.54) is 18.2 Å². The molecule has 1 nitrogen and oxygen atoms in total. The molecule has 0 radical (unpaired) electrons. The van der Waals surface area contributed by atoms with E-state index in [-0.39, 0.29) is 18.0 Å². The molecule has 0 unspecified atom stereocenters. The summed E-state index contributed by atoms with van der Waals surface area (Å²) in [6.07, 6.45) is 3.54. The SMILES string of the molecule is C=C/C(=C\C)C(=O)Cc1ccc(F)cc1. The molecule has 78 valence electrons. The highest BCUT2D eigenvalue weighted by Gasteiger charge is 2.06. The molecule has 0 heterocycles. The van der Waals surface area contributed by atoms with Gasteiger partial charge in [0.2, 0.25) is 0 Å². The molecule has 0 fully saturated rings. The lowest BCUT2D eigenvalue weighted by Crippen LogP contribution is -2.04. The van der Waals surface area contributed by atoms with Gasteiger partial charge in [0.15, 0.2) is 5.78 Å². The van der Waals surface area contributed by atoms with Gasteiger partial charge in [0.1, 0.15) is 5.82 Å². The minimum absolute atomic E-state index is 0.000826. The van der Waals surface area contributed by atoms with Crippen LogP contribution in [-0.4, -0.2) is 5.78 Å². The Hall–Kier alpha value is -1.70. The molecule has 15 heavy (non-hydrogen) atoms. The van der Waals surface area contributed by atoms with Crippen LogP contribution in [0.3, 0.4) is 0 Å². The summed E-state index contributed by atoms with van der Waals surface area (Å²) in [5.74, 6) is -0.291. The molecule has 0 saturated heterocycles. The van der Waals surface area contributed by atoms with Crippen LogP contribution in [0.1, 0.15) is 12.5 Å². The Bertz CT molecular complexity index is 388. The number of allylic oxidation sites excluding steroid dienone is 3. The molecule has 2 heteroatoms. The summed E-state index contributed by atoms with van der Waals surface area (Å²) in [5, 5.41) is 0. The predicted molar refractivity (Wildman–Crippen MR) is 59.1 cm³/mol. The molecule has 1 rings (SSSR count). The van der Waals surface area contributed by atoms with Crippen LogP contribution in [0.15, 0.2) is 48.6 Å². The quantitative estimate of drug-likeness (QED) is 0.544. The second-order valence-corrected chi connectivity index (χ2v) is 3.17. The van der Waals surface area contributed by atoms with Crippen LogP contribution < -0.4 is 0 Å². The van der Waals surface area contributed by atoms with Gasteiger partial charge in [-0.1, -0.05) is 30.9 Å². The second-order valence-electron chi connectivity index (χ2n) is 3.17. The molecule has 0 N–H and O–H groups in total. The molecule has 0 aliphatic rings. The summed E-state index contributed by atoms with van der Waals surface area (Å²) < 4.78 is 12.6.